The summed E-state index contributed by atoms with van der Waals surface area (Å²) in [7, 11) is -2.47. The fourth-order valence-corrected chi connectivity index (χ4v) is 9.88. The fourth-order valence-electron chi connectivity index (χ4n) is 9.37. The summed E-state index contributed by atoms with van der Waals surface area (Å²) in [6.45, 7) is 7.14. The van der Waals surface area contributed by atoms with Crippen LogP contribution in [0.15, 0.2) is 0 Å². The van der Waals surface area contributed by atoms with Gasteiger partial charge in [0.25, 0.3) is 10.1 Å². The average Bonchev–Trinajstić information content (AvgIpc) is 3.14. The average molecular weight is 514 g/mol. The molecule has 0 saturated heterocycles. The molecule has 4 aliphatic carbocycles. The molecule has 4 saturated carbocycles. The van der Waals surface area contributed by atoms with Crippen molar-refractivity contribution in [2.45, 2.75) is 97.2 Å². The maximum Gasteiger partial charge on any atom is 0.266 e. The van der Waals surface area contributed by atoms with E-state index in [1.54, 1.807) is 7.05 Å². The van der Waals surface area contributed by atoms with Crippen molar-refractivity contribution in [2.24, 2.45) is 46.3 Å². The molecule has 4 fully saturated rings. The standard InChI is InChI=1S/C27H47NO6S/c1-17(5-8-25(31)28(4)13-14-35(32,33)34)20-6-7-21-19-16-24(30)23-15-18(29)9-11-27(23,3)22(19)10-12-26(20,21)2/h17-24,29-30H,5-16H2,1-4H3,(H,32,33,34)/t17-,18-,19+,20-,21+,22+,23+,24+,26-,27-/m1/s1. The van der Waals surface area contributed by atoms with Gasteiger partial charge in [-0.25, -0.2) is 0 Å². The van der Waals surface area contributed by atoms with E-state index in [1.807, 2.05) is 0 Å². The smallest absolute Gasteiger partial charge is 0.266 e. The van der Waals surface area contributed by atoms with Crippen molar-refractivity contribution in [2.75, 3.05) is 19.3 Å². The number of nitrogens with zero attached hydrogens (tertiary/aromatic N) is 1. The molecule has 0 aromatic carbocycles. The third kappa shape index (κ3) is 5.19. The Morgan fingerprint density at radius 1 is 1.00 bits per heavy atom. The lowest BCUT2D eigenvalue weighted by molar-refractivity contribution is -0.172. The molecule has 35 heavy (non-hydrogen) atoms. The number of hydrogen-bond donors (Lipinski definition) is 3. The monoisotopic (exact) mass is 513 g/mol. The van der Waals surface area contributed by atoms with Gasteiger partial charge in [-0.3, -0.25) is 9.35 Å². The van der Waals surface area contributed by atoms with E-state index in [4.69, 9.17) is 4.55 Å². The van der Waals surface area contributed by atoms with E-state index < -0.39 is 15.9 Å². The molecule has 0 aliphatic heterocycles. The van der Waals surface area contributed by atoms with Crippen molar-refractivity contribution in [1.29, 1.82) is 0 Å². The van der Waals surface area contributed by atoms with Crippen LogP contribution in [0.3, 0.4) is 0 Å². The minimum absolute atomic E-state index is 0.0114. The second kappa shape index (κ2) is 9.88. The lowest BCUT2D eigenvalue weighted by Crippen LogP contribution is -2.58. The van der Waals surface area contributed by atoms with Gasteiger partial charge in [0.15, 0.2) is 0 Å². The van der Waals surface area contributed by atoms with E-state index in [1.165, 1.54) is 30.6 Å². The zero-order chi connectivity index (χ0) is 25.8. The predicted octanol–water partition coefficient (Wildman–Crippen LogP) is 3.74. The molecule has 8 heteroatoms. The van der Waals surface area contributed by atoms with Crippen molar-refractivity contribution in [3.63, 3.8) is 0 Å². The normalized spacial score (nSPS) is 44.1. The minimum Gasteiger partial charge on any atom is -0.393 e. The van der Waals surface area contributed by atoms with Gasteiger partial charge in [-0.1, -0.05) is 20.8 Å². The van der Waals surface area contributed by atoms with Gasteiger partial charge in [0.1, 0.15) is 0 Å². The molecule has 7 nitrogen and oxygen atoms in total. The van der Waals surface area contributed by atoms with Crippen LogP contribution in [0.1, 0.15) is 85.0 Å². The van der Waals surface area contributed by atoms with Gasteiger partial charge >= 0.3 is 0 Å². The highest BCUT2D eigenvalue weighted by Gasteiger charge is 2.62. The summed E-state index contributed by atoms with van der Waals surface area (Å²) in [5, 5.41) is 21.5. The van der Waals surface area contributed by atoms with Gasteiger partial charge in [0, 0.05) is 20.0 Å². The second-order valence-corrected chi connectivity index (χ2v) is 14.6. The molecule has 4 rings (SSSR count). The van der Waals surface area contributed by atoms with Crippen molar-refractivity contribution < 1.29 is 28.0 Å². The summed E-state index contributed by atoms with van der Waals surface area (Å²) < 4.78 is 30.9. The lowest BCUT2D eigenvalue weighted by Gasteiger charge is -2.62. The zero-order valence-corrected chi connectivity index (χ0v) is 22.8. The van der Waals surface area contributed by atoms with E-state index in [0.29, 0.717) is 36.0 Å². The van der Waals surface area contributed by atoms with Crippen LogP contribution < -0.4 is 0 Å². The topological polar surface area (TPSA) is 115 Å². The van der Waals surface area contributed by atoms with Crippen molar-refractivity contribution in [3.05, 3.63) is 0 Å². The number of aliphatic hydroxyl groups excluding tert-OH is 2. The Bertz CT molecular complexity index is 894. The Morgan fingerprint density at radius 2 is 1.66 bits per heavy atom. The largest absolute Gasteiger partial charge is 0.393 e. The fraction of sp³-hybridized carbons (Fsp3) is 0.963. The van der Waals surface area contributed by atoms with Gasteiger partial charge in [-0.15, -0.1) is 0 Å². The molecule has 0 aromatic heterocycles. The van der Waals surface area contributed by atoms with Crippen LogP contribution in [0.4, 0.5) is 0 Å². The quantitative estimate of drug-likeness (QED) is 0.447. The lowest BCUT2D eigenvalue weighted by atomic mass is 9.44. The van der Waals surface area contributed by atoms with Crippen molar-refractivity contribution >= 4 is 16.0 Å². The van der Waals surface area contributed by atoms with Crippen LogP contribution in [0.2, 0.25) is 0 Å². The van der Waals surface area contributed by atoms with Crippen LogP contribution in [-0.2, 0) is 14.9 Å². The Kier molecular flexibility index (Phi) is 7.72. The number of amides is 1. The first-order chi connectivity index (χ1) is 16.3. The van der Waals surface area contributed by atoms with E-state index in [-0.39, 0.29) is 41.4 Å². The SMILES string of the molecule is C[C@H](CCC(=O)N(C)CCS(=O)(=O)O)[C@H]1CC[C@H]2[C@@H]3C[C@H](O)[C@@H]4C[C@H](O)CC[C@]4(C)[C@H]3CC[C@]12C. The third-order valence-corrected chi connectivity index (χ3v) is 12.0. The Balaban J connectivity index is 1.39. The Morgan fingerprint density at radius 3 is 2.34 bits per heavy atom. The molecule has 202 valence electrons. The number of aliphatic hydroxyl groups is 2. The number of fused-ring (bicyclic) bond motifs is 5. The van der Waals surface area contributed by atoms with Gasteiger partial charge in [0.05, 0.1) is 18.0 Å². The van der Waals surface area contributed by atoms with E-state index in [9.17, 15) is 23.4 Å². The van der Waals surface area contributed by atoms with Crippen LogP contribution in [0.5, 0.6) is 0 Å². The third-order valence-electron chi connectivity index (χ3n) is 11.3. The van der Waals surface area contributed by atoms with Gasteiger partial charge in [-0.05, 0) is 104 Å². The molecule has 3 N–H and O–H groups in total. The van der Waals surface area contributed by atoms with Gasteiger partial charge < -0.3 is 15.1 Å². The highest BCUT2D eigenvalue weighted by molar-refractivity contribution is 7.85. The van der Waals surface area contributed by atoms with Crippen molar-refractivity contribution in [3.8, 4) is 0 Å². The summed E-state index contributed by atoms with van der Waals surface area (Å²) in [6.07, 6.45) is 8.88. The number of rotatable bonds is 7. The summed E-state index contributed by atoms with van der Waals surface area (Å²) in [5.41, 5.74) is 0.364. The highest BCUT2D eigenvalue weighted by atomic mass is 32.2. The first-order valence-corrected chi connectivity index (χ1v) is 15.4. The summed E-state index contributed by atoms with van der Waals surface area (Å²) in [5.74, 6) is 2.47. The van der Waals surface area contributed by atoms with E-state index >= 15 is 0 Å². The molecule has 0 radical (unpaired) electrons. The molecule has 0 bridgehead atoms. The molecule has 4 aliphatic rings. The van der Waals surface area contributed by atoms with Crippen LogP contribution in [0, 0.1) is 46.3 Å². The maximum absolute atomic E-state index is 12.6. The van der Waals surface area contributed by atoms with E-state index in [0.717, 1.165) is 32.1 Å². The molecule has 1 amide bonds. The van der Waals surface area contributed by atoms with Gasteiger partial charge in [-0.2, -0.15) is 8.42 Å². The van der Waals surface area contributed by atoms with Crippen LogP contribution in [0.25, 0.3) is 0 Å². The highest BCUT2D eigenvalue weighted by Crippen LogP contribution is 2.68. The molecule has 10 atom stereocenters. The molecular weight excluding hydrogens is 466 g/mol. The predicted molar refractivity (Wildman–Crippen MR) is 135 cm³/mol. The first kappa shape index (κ1) is 27.3. The second-order valence-electron chi connectivity index (χ2n) is 13.1. The van der Waals surface area contributed by atoms with Crippen LogP contribution in [-0.4, -0.2) is 65.5 Å². The van der Waals surface area contributed by atoms with Crippen LogP contribution >= 0.6 is 0 Å². The molecule has 0 unspecified atom stereocenters. The minimum atomic E-state index is -4.07. The maximum atomic E-state index is 12.6. The number of carbonyl (C=O) groups is 1. The summed E-state index contributed by atoms with van der Waals surface area (Å²) in [6, 6.07) is 0. The molecule has 0 heterocycles. The zero-order valence-electron chi connectivity index (χ0n) is 22.0. The Labute approximate surface area is 211 Å². The van der Waals surface area contributed by atoms with E-state index in [2.05, 4.69) is 20.8 Å². The van der Waals surface area contributed by atoms with Gasteiger partial charge in [0.2, 0.25) is 5.91 Å². The summed E-state index contributed by atoms with van der Waals surface area (Å²) in [4.78, 5) is 14.0. The number of carbonyl (C=O) groups excluding carboxylic acids is 1. The molecule has 0 aromatic rings. The molecule has 0 spiro atoms. The Hall–Kier alpha value is -0.700. The molecular formula is C27H47NO6S. The summed E-state index contributed by atoms with van der Waals surface area (Å²) >= 11 is 0. The first-order valence-electron chi connectivity index (χ1n) is 13.8. The number of hydrogen-bond acceptors (Lipinski definition) is 5. The van der Waals surface area contributed by atoms with Crippen molar-refractivity contribution in [1.82, 2.24) is 4.90 Å².